The number of esters is 1. The first kappa shape index (κ1) is 17.0. The lowest BCUT2D eigenvalue weighted by atomic mass is 10.1. The minimum absolute atomic E-state index is 0.0459. The van der Waals surface area contributed by atoms with E-state index in [0.717, 1.165) is 0 Å². The summed E-state index contributed by atoms with van der Waals surface area (Å²) in [4.78, 5) is 19.5. The number of halogens is 1. The number of aliphatic imine (C=N–C) groups is 1. The maximum Gasteiger partial charge on any atom is 0.342 e. The van der Waals surface area contributed by atoms with E-state index in [1.807, 2.05) is 0 Å². The second-order valence-electron chi connectivity index (χ2n) is 4.56. The number of nitrogens with two attached hydrogens (primary N) is 1. The van der Waals surface area contributed by atoms with Gasteiger partial charge in [0.05, 0.1) is 32.2 Å². The Hall–Kier alpha value is -2.41. The lowest BCUT2D eigenvalue weighted by Crippen LogP contribution is -2.13. The Morgan fingerprint density at radius 1 is 1.30 bits per heavy atom. The van der Waals surface area contributed by atoms with Crippen LogP contribution in [0.4, 0.5) is 5.82 Å². The zero-order chi connectivity index (χ0) is 17.0. The highest BCUT2D eigenvalue weighted by Crippen LogP contribution is 2.37. The van der Waals surface area contributed by atoms with Gasteiger partial charge in [-0.15, -0.1) is 11.6 Å². The topological polar surface area (TPSA) is 98.9 Å². The molecule has 0 atom stereocenters. The van der Waals surface area contributed by atoms with E-state index in [4.69, 9.17) is 31.5 Å². The molecule has 23 heavy (non-hydrogen) atoms. The third-order valence-corrected chi connectivity index (χ3v) is 3.43. The molecule has 2 rings (SSSR count). The molecule has 0 bridgehead atoms. The minimum atomic E-state index is -0.507. The van der Waals surface area contributed by atoms with Crippen molar-refractivity contribution in [3.05, 3.63) is 17.7 Å². The molecule has 0 aliphatic rings. The first-order valence-electron chi connectivity index (χ1n) is 6.89. The van der Waals surface area contributed by atoms with Crippen LogP contribution in [0.5, 0.6) is 11.5 Å². The maximum atomic E-state index is 12.3. The Kier molecular flexibility index (Phi) is 5.33. The number of benzene rings is 1. The summed E-state index contributed by atoms with van der Waals surface area (Å²) in [5.74, 6) is 1.02. The van der Waals surface area contributed by atoms with Gasteiger partial charge in [-0.3, -0.25) is 0 Å². The average molecular weight is 340 g/mol. The number of hydrogen-bond donors (Lipinski definition) is 2. The van der Waals surface area contributed by atoms with Crippen molar-refractivity contribution in [3.8, 4) is 11.5 Å². The van der Waals surface area contributed by atoms with Gasteiger partial charge >= 0.3 is 5.97 Å². The molecule has 0 unspecified atom stereocenters. The fraction of sp³-hybridized carbons (Fsp3) is 0.333. The molecule has 8 heteroatoms. The number of aromatic amines is 1. The number of fused-ring (bicyclic) bond motifs is 1. The number of amidine groups is 1. The maximum absolute atomic E-state index is 12.3. The molecule has 124 valence electrons. The quantitative estimate of drug-likeness (QED) is 0.365. The first-order chi connectivity index (χ1) is 11.0. The van der Waals surface area contributed by atoms with Gasteiger partial charge in [-0.1, -0.05) is 0 Å². The second-order valence-corrected chi connectivity index (χ2v) is 4.83. The number of carbonyl (C=O) groups excluding carboxylic acids is 1. The van der Waals surface area contributed by atoms with Crippen molar-refractivity contribution in [2.75, 3.05) is 26.7 Å². The minimum Gasteiger partial charge on any atom is -0.493 e. The van der Waals surface area contributed by atoms with Crippen molar-refractivity contribution in [2.45, 2.75) is 6.92 Å². The van der Waals surface area contributed by atoms with Crippen molar-refractivity contribution >= 4 is 40.1 Å². The summed E-state index contributed by atoms with van der Waals surface area (Å²) >= 11 is 5.66. The number of hydrogen-bond acceptors (Lipinski definition) is 5. The van der Waals surface area contributed by atoms with Crippen LogP contribution in [0.15, 0.2) is 17.1 Å². The van der Waals surface area contributed by atoms with Gasteiger partial charge < -0.3 is 24.9 Å². The van der Waals surface area contributed by atoms with Gasteiger partial charge in [0.2, 0.25) is 0 Å². The number of nitrogens with one attached hydrogen (secondary N) is 1. The highest BCUT2D eigenvalue weighted by molar-refractivity contribution is 6.28. The number of rotatable bonds is 6. The molecule has 0 radical (unpaired) electrons. The number of carbonyl (C=O) groups is 1. The van der Waals surface area contributed by atoms with Crippen LogP contribution in [0.1, 0.15) is 17.3 Å². The molecule has 0 fully saturated rings. The molecule has 0 spiro atoms. The van der Waals surface area contributed by atoms with Gasteiger partial charge in [0.25, 0.3) is 0 Å². The standard InChI is InChI=1S/C15H18ClN3O4/c1-4-23-15(20)13-8-5-10(21-2)11(22-3)6-9(8)18-14(13)19-12(17)7-16/h5-6,18H,4,7H2,1-3H3,(H2,17,19). The van der Waals surface area contributed by atoms with Crippen LogP contribution < -0.4 is 15.2 Å². The number of nitrogens with zero attached hydrogens (tertiary/aromatic N) is 1. The van der Waals surface area contributed by atoms with E-state index in [1.165, 1.54) is 14.2 Å². The van der Waals surface area contributed by atoms with Gasteiger partial charge in [-0.25, -0.2) is 9.79 Å². The lowest BCUT2D eigenvalue weighted by molar-refractivity contribution is 0.0530. The zero-order valence-corrected chi connectivity index (χ0v) is 13.9. The van der Waals surface area contributed by atoms with E-state index in [1.54, 1.807) is 19.1 Å². The Bertz CT molecular complexity index is 755. The van der Waals surface area contributed by atoms with Crippen LogP contribution in [-0.4, -0.2) is 43.5 Å². The summed E-state index contributed by atoms with van der Waals surface area (Å²) in [6.45, 7) is 1.97. The molecule has 2 aromatic rings. The summed E-state index contributed by atoms with van der Waals surface area (Å²) in [6.07, 6.45) is 0. The average Bonchev–Trinajstić information content (AvgIpc) is 2.90. The summed E-state index contributed by atoms with van der Waals surface area (Å²) in [6, 6.07) is 3.40. The lowest BCUT2D eigenvalue weighted by Gasteiger charge is -2.07. The van der Waals surface area contributed by atoms with Crippen molar-refractivity contribution < 1.29 is 19.0 Å². The summed E-state index contributed by atoms with van der Waals surface area (Å²) in [5.41, 5.74) is 6.60. The zero-order valence-electron chi connectivity index (χ0n) is 13.1. The molecule has 3 N–H and O–H groups in total. The molecule has 7 nitrogen and oxygen atoms in total. The molecule has 1 heterocycles. The van der Waals surface area contributed by atoms with Gasteiger partial charge in [0, 0.05) is 11.5 Å². The Balaban J connectivity index is 2.73. The first-order valence-corrected chi connectivity index (χ1v) is 7.42. The number of H-pyrrole nitrogens is 1. The summed E-state index contributed by atoms with van der Waals surface area (Å²) in [5, 5.41) is 0.599. The Morgan fingerprint density at radius 2 is 1.96 bits per heavy atom. The van der Waals surface area contributed by atoms with Gasteiger partial charge in [-0.05, 0) is 13.0 Å². The number of aromatic nitrogens is 1. The van der Waals surface area contributed by atoms with Gasteiger partial charge in [0.1, 0.15) is 17.2 Å². The van der Waals surface area contributed by atoms with Crippen molar-refractivity contribution in [2.24, 2.45) is 10.7 Å². The smallest absolute Gasteiger partial charge is 0.342 e. The van der Waals surface area contributed by atoms with E-state index in [-0.39, 0.29) is 29.7 Å². The Labute approximate surface area is 138 Å². The normalized spacial score (nSPS) is 11.6. The third-order valence-electron chi connectivity index (χ3n) is 3.15. The predicted molar refractivity (Wildman–Crippen MR) is 89.4 cm³/mol. The number of ether oxygens (including phenoxy) is 3. The molecule has 0 aliphatic heterocycles. The van der Waals surface area contributed by atoms with E-state index in [0.29, 0.717) is 22.4 Å². The third kappa shape index (κ3) is 3.34. The molecule has 0 aliphatic carbocycles. The second kappa shape index (κ2) is 7.23. The van der Waals surface area contributed by atoms with Gasteiger partial charge in [0.15, 0.2) is 11.5 Å². The molecule has 0 saturated carbocycles. The highest BCUT2D eigenvalue weighted by atomic mass is 35.5. The molecular weight excluding hydrogens is 322 g/mol. The van der Waals surface area contributed by atoms with Crippen molar-refractivity contribution in [1.82, 2.24) is 4.98 Å². The number of alkyl halides is 1. The van der Waals surface area contributed by atoms with Crippen LogP contribution in [-0.2, 0) is 4.74 Å². The van der Waals surface area contributed by atoms with Gasteiger partial charge in [-0.2, -0.15) is 0 Å². The van der Waals surface area contributed by atoms with E-state index in [9.17, 15) is 4.79 Å². The monoisotopic (exact) mass is 339 g/mol. The van der Waals surface area contributed by atoms with Crippen LogP contribution in [0.3, 0.4) is 0 Å². The SMILES string of the molecule is CCOC(=O)c1c(/N=C(\N)CCl)[nH]c2cc(OC)c(OC)cc12. The van der Waals surface area contributed by atoms with Crippen LogP contribution >= 0.6 is 11.6 Å². The van der Waals surface area contributed by atoms with E-state index >= 15 is 0 Å². The molecule has 1 aromatic heterocycles. The largest absolute Gasteiger partial charge is 0.493 e. The van der Waals surface area contributed by atoms with Crippen LogP contribution in [0.2, 0.25) is 0 Å². The fourth-order valence-electron chi connectivity index (χ4n) is 2.17. The fourth-order valence-corrected chi connectivity index (χ4v) is 2.23. The molecular formula is C15H18ClN3O4. The summed E-state index contributed by atoms with van der Waals surface area (Å²) in [7, 11) is 3.05. The van der Waals surface area contributed by atoms with E-state index in [2.05, 4.69) is 9.98 Å². The molecule has 0 saturated heterocycles. The van der Waals surface area contributed by atoms with Crippen LogP contribution in [0.25, 0.3) is 10.9 Å². The predicted octanol–water partition coefficient (Wildman–Crippen LogP) is 2.59. The summed E-state index contributed by atoms with van der Waals surface area (Å²) < 4.78 is 15.6. The van der Waals surface area contributed by atoms with Crippen LogP contribution in [0, 0.1) is 0 Å². The highest BCUT2D eigenvalue weighted by Gasteiger charge is 2.22. The number of methoxy groups -OCH3 is 2. The molecule has 1 aromatic carbocycles. The Morgan fingerprint density at radius 3 is 2.52 bits per heavy atom. The van der Waals surface area contributed by atoms with Crippen molar-refractivity contribution in [1.29, 1.82) is 0 Å². The van der Waals surface area contributed by atoms with Crippen molar-refractivity contribution in [3.63, 3.8) is 0 Å². The van der Waals surface area contributed by atoms with E-state index < -0.39 is 5.97 Å². The molecule has 0 amide bonds.